The van der Waals surface area contributed by atoms with E-state index >= 15 is 0 Å². The number of nitrogens with zero attached hydrogens (tertiary/aromatic N) is 1. The molecule has 0 N–H and O–H groups in total. The summed E-state index contributed by atoms with van der Waals surface area (Å²) < 4.78 is 23.9. The summed E-state index contributed by atoms with van der Waals surface area (Å²) in [5.74, 6) is 0.571. The Morgan fingerprint density at radius 3 is 2.15 bits per heavy atom. The van der Waals surface area contributed by atoms with Crippen LogP contribution in [0.1, 0.15) is 19.8 Å². The maximum Gasteiger partial charge on any atom is 0.211 e. The van der Waals surface area contributed by atoms with Crippen LogP contribution in [0, 0.1) is 5.92 Å². The fourth-order valence-corrected chi connectivity index (χ4v) is 2.86. The summed E-state index contributed by atoms with van der Waals surface area (Å²) in [5.41, 5.74) is 0. The van der Waals surface area contributed by atoms with Gasteiger partial charge < -0.3 is 0 Å². The van der Waals surface area contributed by atoms with Crippen molar-refractivity contribution in [3.63, 3.8) is 0 Å². The molecular weight excluding hydrogens is 206 g/mol. The number of hydrogen-bond donors (Lipinski definition) is 1. The van der Waals surface area contributed by atoms with E-state index in [4.69, 9.17) is 0 Å². The Bertz CT molecular complexity index is 253. The van der Waals surface area contributed by atoms with Crippen LogP contribution >= 0.6 is 12.6 Å². The zero-order chi connectivity index (χ0) is 10.1. The van der Waals surface area contributed by atoms with Crippen LogP contribution in [0.5, 0.6) is 0 Å². The van der Waals surface area contributed by atoms with E-state index in [1.807, 2.05) is 0 Å². The van der Waals surface area contributed by atoms with Crippen molar-refractivity contribution in [2.24, 2.45) is 5.92 Å². The summed E-state index contributed by atoms with van der Waals surface area (Å²) in [4.78, 5) is 0. The van der Waals surface area contributed by atoms with Gasteiger partial charge in [0, 0.05) is 18.3 Å². The van der Waals surface area contributed by atoms with Crippen molar-refractivity contribution >= 4 is 22.7 Å². The van der Waals surface area contributed by atoms with Crippen molar-refractivity contribution in [3.05, 3.63) is 0 Å². The summed E-state index contributed by atoms with van der Waals surface area (Å²) in [6.45, 7) is 3.40. The molecule has 1 heterocycles. The summed E-state index contributed by atoms with van der Waals surface area (Å²) in [6.07, 6.45) is 3.16. The van der Waals surface area contributed by atoms with Crippen LogP contribution in [0.3, 0.4) is 0 Å². The Morgan fingerprint density at radius 1 is 1.38 bits per heavy atom. The molecule has 1 aliphatic heterocycles. The number of piperidine rings is 1. The van der Waals surface area contributed by atoms with E-state index < -0.39 is 10.0 Å². The van der Waals surface area contributed by atoms with Gasteiger partial charge in [-0.15, -0.1) is 0 Å². The van der Waals surface area contributed by atoms with E-state index in [1.54, 1.807) is 4.31 Å². The van der Waals surface area contributed by atoms with E-state index in [-0.39, 0.29) is 0 Å². The third-order valence-electron chi connectivity index (χ3n) is 2.65. The quantitative estimate of drug-likeness (QED) is 0.709. The molecule has 0 aromatic heterocycles. The molecule has 1 atom stereocenters. The highest BCUT2D eigenvalue weighted by Crippen LogP contribution is 2.24. The van der Waals surface area contributed by atoms with Crippen molar-refractivity contribution in [2.45, 2.75) is 25.0 Å². The van der Waals surface area contributed by atoms with Gasteiger partial charge in [0.25, 0.3) is 0 Å². The second kappa shape index (κ2) is 4.19. The molecule has 3 nitrogen and oxygen atoms in total. The standard InChI is InChI=1S/C8H17NO2S2/c1-7(12)8-3-5-9(6-4-8)13(2,10)11/h7-8,12H,3-6H2,1-2H3. The first-order valence-corrected chi connectivity index (χ1v) is 6.91. The molecule has 13 heavy (non-hydrogen) atoms. The topological polar surface area (TPSA) is 37.4 Å². The molecule has 1 saturated heterocycles. The average molecular weight is 223 g/mol. The van der Waals surface area contributed by atoms with Gasteiger partial charge in [0.15, 0.2) is 0 Å². The molecule has 0 amide bonds. The largest absolute Gasteiger partial charge is 0.213 e. The molecule has 78 valence electrons. The van der Waals surface area contributed by atoms with Gasteiger partial charge in [0.05, 0.1) is 6.26 Å². The predicted octanol–water partition coefficient (Wildman–Crippen LogP) is 0.976. The van der Waals surface area contributed by atoms with Gasteiger partial charge >= 0.3 is 0 Å². The summed E-state index contributed by atoms with van der Waals surface area (Å²) in [6, 6.07) is 0. The van der Waals surface area contributed by atoms with Crippen LogP contribution in [0.4, 0.5) is 0 Å². The monoisotopic (exact) mass is 223 g/mol. The SMILES string of the molecule is CC(S)C1CCN(S(C)(=O)=O)CC1. The third-order valence-corrected chi connectivity index (χ3v) is 4.37. The van der Waals surface area contributed by atoms with Gasteiger partial charge in [-0.2, -0.15) is 12.6 Å². The van der Waals surface area contributed by atoms with Gasteiger partial charge in [-0.1, -0.05) is 6.92 Å². The number of rotatable bonds is 2. The highest BCUT2D eigenvalue weighted by atomic mass is 32.2. The minimum Gasteiger partial charge on any atom is -0.213 e. The van der Waals surface area contributed by atoms with E-state index in [0.29, 0.717) is 24.3 Å². The van der Waals surface area contributed by atoms with Crippen molar-refractivity contribution in [1.82, 2.24) is 4.31 Å². The van der Waals surface area contributed by atoms with Crippen LogP contribution in [0.2, 0.25) is 0 Å². The minimum atomic E-state index is -2.97. The molecule has 0 aromatic carbocycles. The zero-order valence-electron chi connectivity index (χ0n) is 8.10. The van der Waals surface area contributed by atoms with Crippen LogP contribution in [0.15, 0.2) is 0 Å². The Balaban J connectivity index is 2.49. The summed E-state index contributed by atoms with van der Waals surface area (Å²) >= 11 is 4.38. The molecule has 1 unspecified atom stereocenters. The second-order valence-electron chi connectivity index (χ2n) is 3.74. The lowest BCUT2D eigenvalue weighted by Gasteiger charge is -2.31. The van der Waals surface area contributed by atoms with Crippen molar-refractivity contribution in [2.75, 3.05) is 19.3 Å². The minimum absolute atomic E-state index is 0.377. The molecule has 0 saturated carbocycles. The highest BCUT2D eigenvalue weighted by molar-refractivity contribution is 7.88. The van der Waals surface area contributed by atoms with E-state index in [2.05, 4.69) is 19.6 Å². The first kappa shape index (κ1) is 11.3. The molecular formula is C8H17NO2S2. The van der Waals surface area contributed by atoms with E-state index in [9.17, 15) is 8.42 Å². The average Bonchev–Trinajstić information content (AvgIpc) is 2.03. The van der Waals surface area contributed by atoms with Crippen LogP contribution in [0.25, 0.3) is 0 Å². The smallest absolute Gasteiger partial charge is 0.211 e. The Kier molecular flexibility index (Phi) is 3.65. The first-order chi connectivity index (χ1) is 5.91. The Morgan fingerprint density at radius 2 is 1.85 bits per heavy atom. The van der Waals surface area contributed by atoms with Crippen molar-refractivity contribution < 1.29 is 8.42 Å². The number of sulfonamides is 1. The highest BCUT2D eigenvalue weighted by Gasteiger charge is 2.26. The lowest BCUT2D eigenvalue weighted by Crippen LogP contribution is -2.39. The first-order valence-electron chi connectivity index (χ1n) is 4.54. The summed E-state index contributed by atoms with van der Waals surface area (Å²) in [7, 11) is -2.97. The number of thiol groups is 1. The fourth-order valence-electron chi connectivity index (χ4n) is 1.69. The van der Waals surface area contributed by atoms with Gasteiger partial charge in [-0.25, -0.2) is 12.7 Å². The maximum atomic E-state index is 11.2. The molecule has 1 aliphatic rings. The normalized spacial score (nSPS) is 24.5. The molecule has 1 fully saturated rings. The van der Waals surface area contributed by atoms with Gasteiger partial charge in [0.2, 0.25) is 10.0 Å². The molecule has 0 radical (unpaired) electrons. The van der Waals surface area contributed by atoms with Crippen LogP contribution < -0.4 is 0 Å². The summed E-state index contributed by atoms with van der Waals surface area (Å²) in [5, 5.41) is 0.377. The van der Waals surface area contributed by atoms with E-state index in [1.165, 1.54) is 6.26 Å². The number of hydrogen-bond acceptors (Lipinski definition) is 3. The van der Waals surface area contributed by atoms with Gasteiger partial charge in [-0.3, -0.25) is 0 Å². The van der Waals surface area contributed by atoms with Crippen LogP contribution in [-0.4, -0.2) is 37.3 Å². The third kappa shape index (κ3) is 3.14. The van der Waals surface area contributed by atoms with Crippen molar-refractivity contribution in [3.8, 4) is 0 Å². The van der Waals surface area contributed by atoms with Gasteiger partial charge in [0.1, 0.15) is 0 Å². The second-order valence-corrected chi connectivity index (χ2v) is 6.54. The van der Waals surface area contributed by atoms with Crippen LogP contribution in [-0.2, 0) is 10.0 Å². The Labute approximate surface area is 86.0 Å². The molecule has 1 rings (SSSR count). The molecule has 0 spiro atoms. The lowest BCUT2D eigenvalue weighted by atomic mass is 9.95. The van der Waals surface area contributed by atoms with Gasteiger partial charge in [-0.05, 0) is 18.8 Å². The molecule has 0 bridgehead atoms. The molecule has 0 aromatic rings. The zero-order valence-corrected chi connectivity index (χ0v) is 9.81. The molecule has 5 heteroatoms. The van der Waals surface area contributed by atoms with Crippen molar-refractivity contribution in [1.29, 1.82) is 0 Å². The molecule has 0 aliphatic carbocycles. The predicted molar refractivity (Wildman–Crippen MR) is 57.6 cm³/mol. The lowest BCUT2D eigenvalue weighted by molar-refractivity contribution is 0.275. The fraction of sp³-hybridized carbons (Fsp3) is 1.00. The Hall–Kier alpha value is 0.260. The maximum absolute atomic E-state index is 11.2. The van der Waals surface area contributed by atoms with E-state index in [0.717, 1.165) is 12.8 Å².